The zero-order chi connectivity index (χ0) is 12.9. The third-order valence-electron chi connectivity index (χ3n) is 2.10. The summed E-state index contributed by atoms with van der Waals surface area (Å²) in [4.78, 5) is 11.5. The van der Waals surface area contributed by atoms with E-state index in [1.807, 2.05) is 52.0 Å². The van der Waals surface area contributed by atoms with Crippen molar-refractivity contribution in [2.45, 2.75) is 39.7 Å². The van der Waals surface area contributed by atoms with Crippen LogP contribution in [0.3, 0.4) is 0 Å². The first-order valence-electron chi connectivity index (χ1n) is 5.87. The van der Waals surface area contributed by atoms with Gasteiger partial charge in [0, 0.05) is 5.54 Å². The molecule has 94 valence electrons. The van der Waals surface area contributed by atoms with E-state index in [1.165, 1.54) is 0 Å². The molecule has 0 bridgehead atoms. The lowest BCUT2D eigenvalue weighted by molar-refractivity contribution is -0.122. The summed E-state index contributed by atoms with van der Waals surface area (Å²) in [6, 6.07) is 7.81. The predicted molar refractivity (Wildman–Crippen MR) is 69.2 cm³/mol. The van der Waals surface area contributed by atoms with Crippen molar-refractivity contribution in [2.24, 2.45) is 0 Å². The van der Waals surface area contributed by atoms with Gasteiger partial charge in [-0.1, -0.05) is 12.1 Å². The van der Waals surface area contributed by atoms with E-state index in [2.05, 4.69) is 5.32 Å². The van der Waals surface area contributed by atoms with Crippen molar-refractivity contribution in [1.82, 2.24) is 5.32 Å². The largest absolute Gasteiger partial charge is 0.493 e. The molecule has 0 aromatic heterocycles. The molecule has 0 spiro atoms. The third kappa shape index (κ3) is 5.95. The number of amides is 1. The van der Waals surface area contributed by atoms with Crippen LogP contribution >= 0.6 is 0 Å². The highest BCUT2D eigenvalue weighted by atomic mass is 16.5. The molecule has 0 aliphatic rings. The monoisotopic (exact) mass is 235 g/mol. The first-order valence-corrected chi connectivity index (χ1v) is 5.87. The van der Waals surface area contributed by atoms with Gasteiger partial charge in [0.2, 0.25) is 5.91 Å². The molecule has 0 radical (unpaired) electrons. The van der Waals surface area contributed by atoms with Crippen LogP contribution in [-0.4, -0.2) is 18.1 Å². The number of nitrogens with one attached hydrogen (secondary N) is 1. The minimum atomic E-state index is -0.180. The van der Waals surface area contributed by atoms with Crippen molar-refractivity contribution in [3.63, 3.8) is 0 Å². The van der Waals surface area contributed by atoms with E-state index in [4.69, 9.17) is 4.74 Å². The lowest BCUT2D eigenvalue weighted by atomic mass is 10.1. The highest BCUT2D eigenvalue weighted by molar-refractivity contribution is 5.76. The fraction of sp³-hybridized carbons (Fsp3) is 0.500. The Balaban J connectivity index is 2.31. The molecule has 1 aromatic carbocycles. The van der Waals surface area contributed by atoms with E-state index < -0.39 is 0 Å². The number of rotatable bonds is 4. The van der Waals surface area contributed by atoms with Gasteiger partial charge in [-0.3, -0.25) is 4.79 Å². The highest BCUT2D eigenvalue weighted by Gasteiger charge is 2.13. The minimum Gasteiger partial charge on any atom is -0.493 e. The molecule has 0 unspecified atom stereocenters. The molecule has 0 saturated carbocycles. The van der Waals surface area contributed by atoms with Crippen LogP contribution in [0.1, 0.15) is 32.8 Å². The number of hydrogen-bond acceptors (Lipinski definition) is 2. The minimum absolute atomic E-state index is 0.0187. The van der Waals surface area contributed by atoms with E-state index >= 15 is 0 Å². The molecule has 1 N–H and O–H groups in total. The van der Waals surface area contributed by atoms with Gasteiger partial charge < -0.3 is 10.1 Å². The number of carbonyl (C=O) groups excluding carboxylic acids is 1. The van der Waals surface area contributed by atoms with Crippen LogP contribution in [0.15, 0.2) is 24.3 Å². The van der Waals surface area contributed by atoms with Crippen molar-refractivity contribution < 1.29 is 9.53 Å². The molecular weight excluding hydrogens is 214 g/mol. The van der Waals surface area contributed by atoms with Crippen LogP contribution in [0.2, 0.25) is 0 Å². The summed E-state index contributed by atoms with van der Waals surface area (Å²) in [5, 5.41) is 2.90. The van der Waals surface area contributed by atoms with Crippen LogP contribution in [0.4, 0.5) is 0 Å². The first kappa shape index (κ1) is 13.6. The van der Waals surface area contributed by atoms with Crippen molar-refractivity contribution in [2.75, 3.05) is 6.61 Å². The summed E-state index contributed by atoms with van der Waals surface area (Å²) < 4.78 is 5.51. The van der Waals surface area contributed by atoms with Gasteiger partial charge in [0.1, 0.15) is 5.75 Å². The van der Waals surface area contributed by atoms with E-state index in [0.29, 0.717) is 13.0 Å². The third-order valence-corrected chi connectivity index (χ3v) is 2.10. The van der Waals surface area contributed by atoms with Gasteiger partial charge in [0.05, 0.1) is 13.0 Å². The fourth-order valence-corrected chi connectivity index (χ4v) is 1.45. The van der Waals surface area contributed by atoms with Crippen LogP contribution in [-0.2, 0) is 4.79 Å². The zero-order valence-electron chi connectivity index (χ0n) is 11.0. The van der Waals surface area contributed by atoms with E-state index in [1.54, 1.807) is 0 Å². The van der Waals surface area contributed by atoms with Gasteiger partial charge in [0.25, 0.3) is 0 Å². The number of ether oxygens (including phenoxy) is 1. The molecule has 0 fully saturated rings. The molecule has 3 heteroatoms. The molecule has 17 heavy (non-hydrogen) atoms. The molecule has 0 saturated heterocycles. The standard InChI is InChI=1S/C14H21NO2/c1-11-6-5-7-12(10-11)17-9-8-13(16)15-14(2,3)4/h5-7,10H,8-9H2,1-4H3,(H,15,16). The Kier molecular flexibility index (Phi) is 4.55. The van der Waals surface area contributed by atoms with Crippen molar-refractivity contribution in [3.05, 3.63) is 29.8 Å². The Hall–Kier alpha value is -1.51. The molecule has 0 aliphatic heterocycles. The first-order chi connectivity index (χ1) is 7.87. The van der Waals surface area contributed by atoms with E-state index in [-0.39, 0.29) is 11.4 Å². The Bertz CT molecular complexity index is 380. The average molecular weight is 235 g/mol. The van der Waals surface area contributed by atoms with Crippen molar-refractivity contribution in [1.29, 1.82) is 0 Å². The summed E-state index contributed by atoms with van der Waals surface area (Å²) in [5.41, 5.74) is 0.974. The fourth-order valence-electron chi connectivity index (χ4n) is 1.45. The van der Waals surface area contributed by atoms with E-state index in [9.17, 15) is 4.79 Å². The molecule has 1 rings (SSSR count). The Labute approximate surface area is 103 Å². The lowest BCUT2D eigenvalue weighted by Crippen LogP contribution is -2.41. The SMILES string of the molecule is Cc1cccc(OCCC(=O)NC(C)(C)C)c1. The maximum absolute atomic E-state index is 11.5. The zero-order valence-corrected chi connectivity index (χ0v) is 11.0. The highest BCUT2D eigenvalue weighted by Crippen LogP contribution is 2.12. The van der Waals surface area contributed by atoms with Gasteiger partial charge in [-0.05, 0) is 45.4 Å². The summed E-state index contributed by atoms with van der Waals surface area (Å²) in [5.74, 6) is 0.832. The molecule has 1 aromatic rings. The number of hydrogen-bond donors (Lipinski definition) is 1. The maximum Gasteiger partial charge on any atom is 0.223 e. The smallest absolute Gasteiger partial charge is 0.223 e. The molecular formula is C14H21NO2. The molecule has 3 nitrogen and oxygen atoms in total. The molecule has 0 heterocycles. The molecule has 0 aliphatic carbocycles. The van der Waals surface area contributed by atoms with Gasteiger partial charge in [-0.25, -0.2) is 0 Å². The number of benzene rings is 1. The lowest BCUT2D eigenvalue weighted by Gasteiger charge is -2.20. The van der Waals surface area contributed by atoms with E-state index in [0.717, 1.165) is 11.3 Å². The summed E-state index contributed by atoms with van der Waals surface area (Å²) in [7, 11) is 0. The average Bonchev–Trinajstić information content (AvgIpc) is 2.14. The summed E-state index contributed by atoms with van der Waals surface area (Å²) >= 11 is 0. The Morgan fingerprint density at radius 3 is 2.65 bits per heavy atom. The van der Waals surface area contributed by atoms with Crippen LogP contribution < -0.4 is 10.1 Å². The Morgan fingerprint density at radius 2 is 2.06 bits per heavy atom. The number of carbonyl (C=O) groups is 1. The van der Waals surface area contributed by atoms with Gasteiger partial charge in [-0.15, -0.1) is 0 Å². The summed E-state index contributed by atoms with van der Waals surface area (Å²) in [6.45, 7) is 8.31. The second kappa shape index (κ2) is 5.71. The van der Waals surface area contributed by atoms with Crippen LogP contribution in [0.5, 0.6) is 5.75 Å². The normalized spacial score (nSPS) is 11.1. The number of aryl methyl sites for hydroxylation is 1. The Morgan fingerprint density at radius 1 is 1.35 bits per heavy atom. The maximum atomic E-state index is 11.5. The van der Waals surface area contributed by atoms with Gasteiger partial charge in [0.15, 0.2) is 0 Å². The topological polar surface area (TPSA) is 38.3 Å². The molecule has 0 atom stereocenters. The predicted octanol–water partition coefficient (Wildman–Crippen LogP) is 2.68. The second-order valence-corrected chi connectivity index (χ2v) is 5.21. The van der Waals surface area contributed by atoms with Gasteiger partial charge in [-0.2, -0.15) is 0 Å². The second-order valence-electron chi connectivity index (χ2n) is 5.21. The summed E-state index contributed by atoms with van der Waals surface area (Å²) in [6.07, 6.45) is 0.380. The van der Waals surface area contributed by atoms with Gasteiger partial charge >= 0.3 is 0 Å². The van der Waals surface area contributed by atoms with Crippen LogP contribution in [0.25, 0.3) is 0 Å². The quantitative estimate of drug-likeness (QED) is 0.871. The molecule has 1 amide bonds. The van der Waals surface area contributed by atoms with Crippen molar-refractivity contribution in [3.8, 4) is 5.75 Å². The van der Waals surface area contributed by atoms with Crippen molar-refractivity contribution >= 4 is 5.91 Å². The van der Waals surface area contributed by atoms with Crippen LogP contribution in [0, 0.1) is 6.92 Å².